The number of aryl methyl sites for hydroxylation is 1. The smallest absolute Gasteiger partial charge is 0.231 e. The first-order chi connectivity index (χ1) is 14.6. The molecule has 1 saturated heterocycles. The summed E-state index contributed by atoms with van der Waals surface area (Å²) < 4.78 is 13.0. The summed E-state index contributed by atoms with van der Waals surface area (Å²) in [4.78, 5) is 21.1. The maximum atomic E-state index is 12.8. The molecule has 1 atom stereocenters. The van der Waals surface area contributed by atoms with Crippen molar-refractivity contribution in [3.63, 3.8) is 0 Å². The summed E-state index contributed by atoms with van der Waals surface area (Å²) in [5.41, 5.74) is 3.37. The number of piperidine rings is 1. The number of nitrogens with one attached hydrogen (secondary N) is 1. The second-order valence-electron chi connectivity index (χ2n) is 8.65. The highest BCUT2D eigenvalue weighted by Crippen LogP contribution is 2.59. The fourth-order valence-electron chi connectivity index (χ4n) is 4.97. The van der Waals surface area contributed by atoms with E-state index < -0.39 is 0 Å². The lowest BCUT2D eigenvalue weighted by Gasteiger charge is -2.32. The van der Waals surface area contributed by atoms with Crippen molar-refractivity contribution in [2.45, 2.75) is 32.7 Å². The topological polar surface area (TPSA) is 68.1 Å². The Hall–Kier alpha value is -2.58. The number of nitrogens with zero attached hydrogens (tertiary/aromatic N) is 3. The number of anilines is 1. The lowest BCUT2D eigenvalue weighted by Crippen LogP contribution is -2.36. The third-order valence-corrected chi connectivity index (χ3v) is 7.69. The van der Waals surface area contributed by atoms with Crippen LogP contribution in [0, 0.1) is 18.3 Å². The summed E-state index contributed by atoms with van der Waals surface area (Å²) in [7, 11) is 0. The number of likely N-dealkylation sites (tertiary alicyclic amines) is 1. The van der Waals surface area contributed by atoms with Crippen molar-refractivity contribution >= 4 is 27.9 Å². The zero-order chi connectivity index (χ0) is 20.3. The Labute approximate surface area is 178 Å². The summed E-state index contributed by atoms with van der Waals surface area (Å²) >= 11 is 1.68. The standard InChI is InChI=1S/C22H24N4O3S/c1-14-17(26-8-9-30-21(26)23-14)12-25-6-4-22(5-7-25)11-16(22)20(27)24-15-2-3-18-19(10-15)29-13-28-18/h2-3,8-10,16H,4-7,11-13H2,1H3,(H,24,27). The molecule has 1 aliphatic carbocycles. The average molecular weight is 425 g/mol. The highest BCUT2D eigenvalue weighted by molar-refractivity contribution is 7.15. The molecule has 7 nitrogen and oxygen atoms in total. The number of hydrogen-bond acceptors (Lipinski definition) is 6. The van der Waals surface area contributed by atoms with Crippen LogP contribution >= 0.6 is 11.3 Å². The fourth-order valence-corrected chi connectivity index (χ4v) is 5.75. The molecule has 2 aliphatic heterocycles. The van der Waals surface area contributed by atoms with Gasteiger partial charge in [0.25, 0.3) is 0 Å². The number of rotatable bonds is 4. The van der Waals surface area contributed by atoms with E-state index in [1.165, 1.54) is 5.69 Å². The van der Waals surface area contributed by atoms with Crippen molar-refractivity contribution in [2.75, 3.05) is 25.2 Å². The van der Waals surface area contributed by atoms with Crippen LogP contribution in [0.4, 0.5) is 5.69 Å². The zero-order valence-electron chi connectivity index (χ0n) is 16.9. The molecule has 8 heteroatoms. The lowest BCUT2D eigenvalue weighted by atomic mass is 9.90. The summed E-state index contributed by atoms with van der Waals surface area (Å²) in [6.45, 7) is 5.33. The largest absolute Gasteiger partial charge is 0.454 e. The van der Waals surface area contributed by atoms with Gasteiger partial charge in [-0.05, 0) is 56.8 Å². The first-order valence-electron chi connectivity index (χ1n) is 10.5. The molecule has 1 N–H and O–H groups in total. The second kappa shape index (κ2) is 6.72. The van der Waals surface area contributed by atoms with Crippen molar-refractivity contribution in [2.24, 2.45) is 11.3 Å². The number of aromatic nitrogens is 2. The van der Waals surface area contributed by atoms with E-state index in [0.29, 0.717) is 5.75 Å². The molecule has 6 rings (SSSR count). The maximum absolute atomic E-state index is 12.8. The number of hydrogen-bond donors (Lipinski definition) is 1. The summed E-state index contributed by atoms with van der Waals surface area (Å²) in [6.07, 6.45) is 5.27. The molecule has 1 saturated carbocycles. The van der Waals surface area contributed by atoms with Gasteiger partial charge in [-0.1, -0.05) is 0 Å². The molecule has 156 valence electrons. The van der Waals surface area contributed by atoms with E-state index in [-0.39, 0.29) is 24.0 Å². The molecule has 1 amide bonds. The lowest BCUT2D eigenvalue weighted by molar-refractivity contribution is -0.118. The number of thiazole rings is 1. The number of amides is 1. The number of imidazole rings is 1. The summed E-state index contributed by atoms with van der Waals surface area (Å²) in [5.74, 6) is 1.68. The zero-order valence-corrected chi connectivity index (χ0v) is 17.7. The highest BCUT2D eigenvalue weighted by atomic mass is 32.1. The monoisotopic (exact) mass is 424 g/mol. The molecule has 2 fully saturated rings. The molecular weight excluding hydrogens is 400 g/mol. The molecule has 2 aromatic heterocycles. The van der Waals surface area contributed by atoms with Crippen LogP contribution in [0.3, 0.4) is 0 Å². The van der Waals surface area contributed by atoms with Gasteiger partial charge in [0, 0.05) is 35.8 Å². The van der Waals surface area contributed by atoms with Crippen LogP contribution in [0.1, 0.15) is 30.7 Å². The van der Waals surface area contributed by atoms with Crippen LogP contribution in [0.2, 0.25) is 0 Å². The van der Waals surface area contributed by atoms with E-state index in [1.807, 2.05) is 18.2 Å². The van der Waals surface area contributed by atoms with Gasteiger partial charge in [0.2, 0.25) is 12.7 Å². The molecule has 1 unspecified atom stereocenters. The molecule has 3 aromatic rings. The summed E-state index contributed by atoms with van der Waals surface area (Å²) in [5, 5.41) is 5.17. The Balaban J connectivity index is 1.07. The molecule has 1 spiro atoms. The quantitative estimate of drug-likeness (QED) is 0.692. The molecule has 0 radical (unpaired) electrons. The highest BCUT2D eigenvalue weighted by Gasteiger charge is 2.58. The average Bonchev–Trinajstić information content (AvgIpc) is 3.08. The van der Waals surface area contributed by atoms with E-state index in [4.69, 9.17) is 9.47 Å². The van der Waals surface area contributed by atoms with Gasteiger partial charge < -0.3 is 14.8 Å². The van der Waals surface area contributed by atoms with Crippen molar-refractivity contribution < 1.29 is 14.3 Å². The van der Waals surface area contributed by atoms with Gasteiger partial charge in [-0.3, -0.25) is 14.1 Å². The fraction of sp³-hybridized carbons (Fsp3) is 0.455. The molecular formula is C22H24N4O3S. The Bertz CT molecular complexity index is 1130. The van der Waals surface area contributed by atoms with Gasteiger partial charge in [0.05, 0.1) is 11.4 Å². The van der Waals surface area contributed by atoms with Crippen molar-refractivity contribution in [1.82, 2.24) is 14.3 Å². The molecule has 0 bridgehead atoms. The van der Waals surface area contributed by atoms with Crippen molar-refractivity contribution in [1.29, 1.82) is 0 Å². The number of ether oxygens (including phenoxy) is 2. The molecule has 4 heterocycles. The van der Waals surface area contributed by atoms with E-state index in [1.54, 1.807) is 11.3 Å². The predicted octanol–water partition coefficient (Wildman–Crippen LogP) is 3.67. The van der Waals surface area contributed by atoms with Crippen LogP contribution < -0.4 is 14.8 Å². The Morgan fingerprint density at radius 1 is 1.30 bits per heavy atom. The third-order valence-electron chi connectivity index (χ3n) is 6.93. The third kappa shape index (κ3) is 2.97. The van der Waals surface area contributed by atoms with Crippen molar-refractivity contribution in [3.8, 4) is 11.5 Å². The SMILES string of the molecule is Cc1nc2sccn2c1CN1CCC2(CC1)CC2C(=O)Nc1ccc2c(c1)OCO2. The van der Waals surface area contributed by atoms with Crippen LogP contribution in [0.15, 0.2) is 29.8 Å². The van der Waals surface area contributed by atoms with Gasteiger partial charge in [-0.25, -0.2) is 4.98 Å². The molecule has 3 aliphatic rings. The number of carbonyl (C=O) groups excluding carboxylic acids is 1. The maximum Gasteiger partial charge on any atom is 0.231 e. The molecule has 30 heavy (non-hydrogen) atoms. The van der Waals surface area contributed by atoms with E-state index in [0.717, 1.165) is 61.0 Å². The van der Waals surface area contributed by atoms with Gasteiger partial charge >= 0.3 is 0 Å². The second-order valence-corrected chi connectivity index (χ2v) is 9.53. The van der Waals surface area contributed by atoms with Crippen molar-refractivity contribution in [3.05, 3.63) is 41.2 Å². The minimum atomic E-state index is 0.116. The van der Waals surface area contributed by atoms with E-state index in [9.17, 15) is 4.79 Å². The first-order valence-corrected chi connectivity index (χ1v) is 11.3. The van der Waals surface area contributed by atoms with E-state index >= 15 is 0 Å². The van der Waals surface area contributed by atoms with Crippen LogP contribution in [-0.2, 0) is 11.3 Å². The van der Waals surface area contributed by atoms with Gasteiger partial charge in [0.1, 0.15) is 0 Å². The van der Waals surface area contributed by atoms with Crippen LogP contribution in [0.25, 0.3) is 4.96 Å². The Morgan fingerprint density at radius 2 is 2.13 bits per heavy atom. The predicted molar refractivity (Wildman–Crippen MR) is 114 cm³/mol. The molecule has 1 aromatic carbocycles. The van der Waals surface area contributed by atoms with Gasteiger partial charge in [-0.2, -0.15) is 0 Å². The number of carbonyl (C=O) groups is 1. The normalized spacial score (nSPS) is 22.0. The minimum Gasteiger partial charge on any atom is -0.454 e. The van der Waals surface area contributed by atoms with Crippen LogP contribution in [-0.4, -0.2) is 40.1 Å². The number of benzene rings is 1. The van der Waals surface area contributed by atoms with E-state index in [2.05, 4.69) is 38.1 Å². The Morgan fingerprint density at radius 3 is 3.00 bits per heavy atom. The van der Waals surface area contributed by atoms with Crippen LogP contribution in [0.5, 0.6) is 11.5 Å². The minimum absolute atomic E-state index is 0.116. The summed E-state index contributed by atoms with van der Waals surface area (Å²) in [6, 6.07) is 5.57. The number of fused-ring (bicyclic) bond motifs is 2. The first kappa shape index (κ1) is 18.2. The van der Waals surface area contributed by atoms with Gasteiger partial charge in [-0.15, -0.1) is 11.3 Å². The Kier molecular flexibility index (Phi) is 4.08. The van der Waals surface area contributed by atoms with Gasteiger partial charge in [0.15, 0.2) is 16.5 Å².